The van der Waals surface area contributed by atoms with Crippen LogP contribution in [0.1, 0.15) is 24.4 Å². The molecule has 25 heavy (non-hydrogen) atoms. The summed E-state index contributed by atoms with van der Waals surface area (Å²) in [7, 11) is 0. The van der Waals surface area contributed by atoms with E-state index in [-0.39, 0.29) is 11.7 Å². The highest BCUT2D eigenvalue weighted by atomic mass is 35.5. The van der Waals surface area contributed by atoms with Crippen molar-refractivity contribution in [1.82, 2.24) is 10.2 Å². The Morgan fingerprint density at radius 1 is 1.12 bits per heavy atom. The molecule has 0 bridgehead atoms. The molecule has 4 nitrogen and oxygen atoms in total. The Morgan fingerprint density at radius 2 is 1.80 bits per heavy atom. The van der Waals surface area contributed by atoms with E-state index in [1.165, 1.54) is 12.1 Å². The number of carbonyl (C=O) groups is 1. The van der Waals surface area contributed by atoms with Gasteiger partial charge >= 0.3 is 6.03 Å². The van der Waals surface area contributed by atoms with Crippen molar-refractivity contribution in [1.29, 1.82) is 0 Å². The zero-order valence-corrected chi connectivity index (χ0v) is 14.6. The molecule has 2 aromatic rings. The molecule has 1 aliphatic rings. The van der Waals surface area contributed by atoms with Crippen molar-refractivity contribution < 1.29 is 9.18 Å². The molecule has 1 heterocycles. The normalized spacial score (nSPS) is 15.8. The van der Waals surface area contributed by atoms with Crippen LogP contribution in [0.3, 0.4) is 0 Å². The molecule has 6 heteroatoms. The Hall–Kier alpha value is -2.11. The van der Waals surface area contributed by atoms with E-state index in [4.69, 9.17) is 11.6 Å². The van der Waals surface area contributed by atoms with Crippen LogP contribution in [0.15, 0.2) is 48.5 Å². The number of amides is 2. The minimum Gasteiger partial charge on any atom is -0.336 e. The number of hydrogen-bond donors (Lipinski definition) is 2. The van der Waals surface area contributed by atoms with Gasteiger partial charge in [0.05, 0.1) is 11.7 Å². The van der Waals surface area contributed by atoms with Gasteiger partial charge in [-0.3, -0.25) is 4.90 Å². The molecule has 0 unspecified atom stereocenters. The zero-order valence-electron chi connectivity index (χ0n) is 13.8. The van der Waals surface area contributed by atoms with Gasteiger partial charge in [0.25, 0.3) is 0 Å². The molecule has 3 rings (SSSR count). The summed E-state index contributed by atoms with van der Waals surface area (Å²) in [4.78, 5) is 14.5. The maximum absolute atomic E-state index is 13.6. The fraction of sp³-hybridized carbons (Fsp3) is 0.316. The van der Waals surface area contributed by atoms with Crippen LogP contribution in [-0.4, -0.2) is 30.6 Å². The summed E-state index contributed by atoms with van der Waals surface area (Å²) >= 11 is 6.36. The van der Waals surface area contributed by atoms with Gasteiger partial charge in [0.15, 0.2) is 0 Å². The van der Waals surface area contributed by atoms with Crippen LogP contribution in [0, 0.1) is 5.82 Å². The third-order valence-electron chi connectivity index (χ3n) is 4.42. The van der Waals surface area contributed by atoms with Gasteiger partial charge < -0.3 is 10.6 Å². The van der Waals surface area contributed by atoms with Crippen molar-refractivity contribution in [3.8, 4) is 0 Å². The van der Waals surface area contributed by atoms with E-state index in [2.05, 4.69) is 15.5 Å². The second kappa shape index (κ2) is 8.32. The number of nitrogens with zero attached hydrogens (tertiary/aromatic N) is 1. The lowest BCUT2D eigenvalue weighted by Crippen LogP contribution is -2.38. The van der Waals surface area contributed by atoms with E-state index in [0.29, 0.717) is 11.6 Å². The number of halogens is 2. The molecule has 0 spiro atoms. The second-order valence-corrected chi connectivity index (χ2v) is 6.50. The summed E-state index contributed by atoms with van der Waals surface area (Å²) in [6.45, 7) is 2.36. The first kappa shape index (κ1) is 17.7. The first-order chi connectivity index (χ1) is 12.1. The first-order valence-corrected chi connectivity index (χ1v) is 8.81. The summed E-state index contributed by atoms with van der Waals surface area (Å²) in [5.74, 6) is -0.458. The van der Waals surface area contributed by atoms with E-state index in [1.807, 2.05) is 24.3 Å². The van der Waals surface area contributed by atoms with Gasteiger partial charge in [-0.05, 0) is 49.7 Å². The van der Waals surface area contributed by atoms with E-state index in [0.717, 1.165) is 31.5 Å². The van der Waals surface area contributed by atoms with E-state index >= 15 is 0 Å². The van der Waals surface area contributed by atoms with E-state index < -0.39 is 11.8 Å². The van der Waals surface area contributed by atoms with E-state index in [9.17, 15) is 9.18 Å². The van der Waals surface area contributed by atoms with Crippen molar-refractivity contribution in [3.63, 3.8) is 0 Å². The molecule has 0 aromatic heterocycles. The van der Waals surface area contributed by atoms with Gasteiger partial charge in [-0.15, -0.1) is 0 Å². The summed E-state index contributed by atoms with van der Waals surface area (Å²) in [5, 5.41) is 6.08. The number of likely N-dealkylation sites (tertiary alicyclic amines) is 1. The summed E-state index contributed by atoms with van der Waals surface area (Å²) < 4.78 is 13.6. The van der Waals surface area contributed by atoms with Gasteiger partial charge in [-0.25, -0.2) is 9.18 Å². The average Bonchev–Trinajstić information content (AvgIpc) is 3.13. The van der Waals surface area contributed by atoms with Crippen molar-refractivity contribution in [2.75, 3.05) is 25.0 Å². The fourth-order valence-corrected chi connectivity index (χ4v) is 3.41. The van der Waals surface area contributed by atoms with Crippen LogP contribution in [0.4, 0.5) is 14.9 Å². The van der Waals surface area contributed by atoms with Crippen LogP contribution in [0.25, 0.3) is 0 Å². The predicted molar refractivity (Wildman–Crippen MR) is 98.4 cm³/mol. The Balaban J connectivity index is 1.67. The summed E-state index contributed by atoms with van der Waals surface area (Å²) in [6, 6.07) is 13.4. The molecule has 0 aliphatic carbocycles. The smallest absolute Gasteiger partial charge is 0.319 e. The quantitative estimate of drug-likeness (QED) is 0.827. The van der Waals surface area contributed by atoms with E-state index in [1.54, 1.807) is 12.1 Å². The number of hydrogen-bond acceptors (Lipinski definition) is 2. The molecular weight excluding hydrogens is 341 g/mol. The van der Waals surface area contributed by atoms with Gasteiger partial charge in [0.1, 0.15) is 5.82 Å². The SMILES string of the molecule is O=C(NC[C@H](c1ccccc1Cl)N1CCCC1)Nc1ccccc1F. The summed E-state index contributed by atoms with van der Waals surface area (Å²) in [5.41, 5.74) is 1.16. The maximum atomic E-state index is 13.6. The van der Waals surface area contributed by atoms with Crippen LogP contribution in [0.5, 0.6) is 0 Å². The number of urea groups is 1. The zero-order chi connectivity index (χ0) is 17.6. The number of para-hydroxylation sites is 1. The standard InChI is InChI=1S/C19H21ClFN3O/c20-15-8-2-1-7-14(15)18(24-11-5-6-12-24)13-22-19(25)23-17-10-4-3-9-16(17)21/h1-4,7-10,18H,5-6,11-13H2,(H2,22,23,25)/t18-/m1/s1. The Bertz CT molecular complexity index is 734. The van der Waals surface area contributed by atoms with Crippen molar-refractivity contribution in [3.05, 3.63) is 64.9 Å². The lowest BCUT2D eigenvalue weighted by Gasteiger charge is -2.29. The molecule has 0 radical (unpaired) electrons. The number of anilines is 1. The number of nitrogens with one attached hydrogen (secondary N) is 2. The fourth-order valence-electron chi connectivity index (χ4n) is 3.15. The monoisotopic (exact) mass is 361 g/mol. The Kier molecular flexibility index (Phi) is 5.89. The summed E-state index contributed by atoms with van der Waals surface area (Å²) in [6.07, 6.45) is 2.28. The third-order valence-corrected chi connectivity index (χ3v) is 4.77. The number of carbonyl (C=O) groups excluding carboxylic acids is 1. The molecule has 2 N–H and O–H groups in total. The number of benzene rings is 2. The highest BCUT2D eigenvalue weighted by Gasteiger charge is 2.25. The van der Waals surface area contributed by atoms with Crippen LogP contribution in [0.2, 0.25) is 5.02 Å². The molecule has 2 amide bonds. The molecule has 0 saturated carbocycles. The topological polar surface area (TPSA) is 44.4 Å². The molecule has 1 fully saturated rings. The highest BCUT2D eigenvalue weighted by Crippen LogP contribution is 2.29. The van der Waals surface area contributed by atoms with Crippen molar-refractivity contribution in [2.24, 2.45) is 0 Å². The third kappa shape index (κ3) is 4.50. The first-order valence-electron chi connectivity index (χ1n) is 8.43. The lowest BCUT2D eigenvalue weighted by atomic mass is 10.1. The largest absolute Gasteiger partial charge is 0.336 e. The second-order valence-electron chi connectivity index (χ2n) is 6.10. The van der Waals surface area contributed by atoms with Crippen LogP contribution < -0.4 is 10.6 Å². The molecular formula is C19H21ClFN3O. The Morgan fingerprint density at radius 3 is 2.52 bits per heavy atom. The molecule has 1 atom stereocenters. The van der Waals surface area contributed by atoms with Gasteiger partial charge in [-0.2, -0.15) is 0 Å². The minimum atomic E-state index is -0.458. The van der Waals surface area contributed by atoms with Gasteiger partial charge in [0, 0.05) is 11.6 Å². The minimum absolute atomic E-state index is 0.00238. The molecule has 132 valence electrons. The Labute approximate surface area is 152 Å². The van der Waals surface area contributed by atoms with Crippen molar-refractivity contribution >= 4 is 23.3 Å². The molecule has 1 saturated heterocycles. The predicted octanol–water partition coefficient (Wildman–Crippen LogP) is 4.44. The number of rotatable bonds is 5. The van der Waals surface area contributed by atoms with Gasteiger partial charge in [0.2, 0.25) is 0 Å². The van der Waals surface area contributed by atoms with Crippen LogP contribution >= 0.6 is 11.6 Å². The highest BCUT2D eigenvalue weighted by molar-refractivity contribution is 6.31. The van der Waals surface area contributed by atoms with Crippen LogP contribution in [-0.2, 0) is 0 Å². The maximum Gasteiger partial charge on any atom is 0.319 e. The molecule has 2 aromatic carbocycles. The molecule has 1 aliphatic heterocycles. The lowest BCUT2D eigenvalue weighted by molar-refractivity contribution is 0.227. The van der Waals surface area contributed by atoms with Gasteiger partial charge in [-0.1, -0.05) is 41.9 Å². The van der Waals surface area contributed by atoms with Crippen molar-refractivity contribution in [2.45, 2.75) is 18.9 Å². The average molecular weight is 362 g/mol.